The maximum atomic E-state index is 13.5. The average molecular weight is 438 g/mol. The largest absolute Gasteiger partial charge is 0.465 e. The van der Waals surface area contributed by atoms with Gasteiger partial charge in [-0.05, 0) is 28.9 Å². The lowest BCUT2D eigenvalue weighted by Gasteiger charge is -2.16. The van der Waals surface area contributed by atoms with Crippen molar-refractivity contribution >= 4 is 21.6 Å². The van der Waals surface area contributed by atoms with E-state index in [0.717, 1.165) is 11.3 Å². The standard InChI is InChI=1S/C14H9BrF5N5O/c1-7(14(18,19)20)26-11-3-2-8(4-22-11)9-6-25-10(5-21-9)23-24-12(25)13(15,16)17/h2-7H,1H3/t7-/m0/s1. The van der Waals surface area contributed by atoms with Gasteiger partial charge >= 0.3 is 11.0 Å². The van der Waals surface area contributed by atoms with Gasteiger partial charge < -0.3 is 4.74 Å². The van der Waals surface area contributed by atoms with E-state index in [9.17, 15) is 22.0 Å². The van der Waals surface area contributed by atoms with Crippen LogP contribution < -0.4 is 4.74 Å². The van der Waals surface area contributed by atoms with Gasteiger partial charge in [0.15, 0.2) is 11.8 Å². The second-order valence-corrected chi connectivity index (χ2v) is 6.20. The zero-order valence-electron chi connectivity index (χ0n) is 12.9. The minimum absolute atomic E-state index is 0.106. The Kier molecular flexibility index (Phi) is 4.54. The molecule has 0 bridgehead atoms. The van der Waals surface area contributed by atoms with Gasteiger partial charge in [0.1, 0.15) is 0 Å². The molecular formula is C14H9BrF5N5O. The third kappa shape index (κ3) is 3.74. The smallest absolute Gasteiger partial charge is 0.425 e. The number of pyridine rings is 1. The van der Waals surface area contributed by atoms with Gasteiger partial charge in [-0.15, -0.1) is 10.2 Å². The quantitative estimate of drug-likeness (QED) is 0.456. The molecule has 0 fully saturated rings. The molecule has 3 rings (SSSR count). The molecule has 3 aromatic rings. The summed E-state index contributed by atoms with van der Waals surface area (Å²) in [6.07, 6.45) is -2.80. The SMILES string of the molecule is C[C@H](Oc1ccc(-c2cn3c(C(F)(F)Br)nnc3cn2)cn1)C(F)(F)F. The first-order valence-electron chi connectivity index (χ1n) is 7.03. The Balaban J connectivity index is 1.90. The number of alkyl halides is 6. The first-order valence-corrected chi connectivity index (χ1v) is 7.83. The van der Waals surface area contributed by atoms with E-state index < -0.39 is 22.9 Å². The Morgan fingerprint density at radius 2 is 1.81 bits per heavy atom. The topological polar surface area (TPSA) is 65.2 Å². The van der Waals surface area contributed by atoms with Gasteiger partial charge in [-0.25, -0.2) is 4.98 Å². The van der Waals surface area contributed by atoms with Gasteiger partial charge in [-0.1, -0.05) is 0 Å². The highest BCUT2D eigenvalue weighted by atomic mass is 79.9. The van der Waals surface area contributed by atoms with Crippen LogP contribution in [0.2, 0.25) is 0 Å². The third-order valence-corrected chi connectivity index (χ3v) is 3.69. The van der Waals surface area contributed by atoms with Crippen molar-refractivity contribution in [3.63, 3.8) is 0 Å². The van der Waals surface area contributed by atoms with Crippen LogP contribution in [0.1, 0.15) is 12.7 Å². The van der Waals surface area contributed by atoms with E-state index >= 15 is 0 Å². The summed E-state index contributed by atoms with van der Waals surface area (Å²) in [6.45, 7) is 0.860. The molecule has 1 atom stereocenters. The van der Waals surface area contributed by atoms with E-state index in [-0.39, 0.29) is 17.2 Å². The second kappa shape index (κ2) is 6.41. The van der Waals surface area contributed by atoms with Gasteiger partial charge in [-0.3, -0.25) is 9.38 Å². The first-order chi connectivity index (χ1) is 12.1. The number of rotatable bonds is 4. The summed E-state index contributed by atoms with van der Waals surface area (Å²) in [5, 5.41) is 6.99. The van der Waals surface area contributed by atoms with Crippen molar-refractivity contribution in [2.45, 2.75) is 24.0 Å². The first kappa shape index (κ1) is 18.4. The number of nitrogens with zero attached hydrogens (tertiary/aromatic N) is 5. The molecule has 0 aliphatic heterocycles. The van der Waals surface area contributed by atoms with Gasteiger partial charge in [0, 0.05) is 24.0 Å². The molecule has 6 nitrogen and oxygen atoms in total. The van der Waals surface area contributed by atoms with E-state index in [2.05, 4.69) is 36.1 Å². The van der Waals surface area contributed by atoms with Gasteiger partial charge in [0.25, 0.3) is 0 Å². The molecule has 0 saturated heterocycles. The van der Waals surface area contributed by atoms with E-state index in [1.54, 1.807) is 0 Å². The van der Waals surface area contributed by atoms with Crippen LogP contribution in [-0.2, 0) is 4.83 Å². The highest BCUT2D eigenvalue weighted by molar-refractivity contribution is 9.09. The summed E-state index contributed by atoms with van der Waals surface area (Å²) >= 11 is 2.22. The molecule has 0 saturated carbocycles. The molecule has 0 radical (unpaired) electrons. The van der Waals surface area contributed by atoms with Crippen molar-refractivity contribution in [3.8, 4) is 17.1 Å². The van der Waals surface area contributed by atoms with Crippen molar-refractivity contribution in [1.29, 1.82) is 0 Å². The molecule has 138 valence electrons. The molecule has 26 heavy (non-hydrogen) atoms. The number of hydrogen-bond acceptors (Lipinski definition) is 5. The molecular weight excluding hydrogens is 429 g/mol. The van der Waals surface area contributed by atoms with Crippen LogP contribution in [0.15, 0.2) is 30.7 Å². The monoisotopic (exact) mass is 437 g/mol. The summed E-state index contributed by atoms with van der Waals surface area (Å²) in [7, 11) is 0. The van der Waals surface area contributed by atoms with Crippen LogP contribution >= 0.6 is 15.9 Å². The van der Waals surface area contributed by atoms with E-state index in [4.69, 9.17) is 4.74 Å². The highest BCUT2D eigenvalue weighted by Gasteiger charge is 2.38. The molecule has 0 aliphatic carbocycles. The zero-order valence-corrected chi connectivity index (χ0v) is 14.5. The Morgan fingerprint density at radius 1 is 1.08 bits per heavy atom. The minimum atomic E-state index is -4.52. The summed E-state index contributed by atoms with van der Waals surface area (Å²) in [5.41, 5.74) is 0.740. The third-order valence-electron chi connectivity index (χ3n) is 3.34. The summed E-state index contributed by atoms with van der Waals surface area (Å²) in [5.74, 6) is -0.861. The molecule has 0 N–H and O–H groups in total. The van der Waals surface area contributed by atoms with Crippen molar-refractivity contribution in [2.75, 3.05) is 0 Å². The van der Waals surface area contributed by atoms with E-state index in [1.807, 2.05) is 0 Å². The molecule has 3 heterocycles. The summed E-state index contributed by atoms with van der Waals surface area (Å²) in [4.78, 5) is 4.45. The Bertz CT molecular complexity index is 922. The fourth-order valence-electron chi connectivity index (χ4n) is 1.99. The van der Waals surface area contributed by atoms with Gasteiger partial charge in [0.2, 0.25) is 11.7 Å². The fourth-order valence-corrected chi connectivity index (χ4v) is 2.26. The minimum Gasteiger partial charge on any atom is -0.465 e. The average Bonchev–Trinajstić information content (AvgIpc) is 2.98. The predicted octanol–water partition coefficient (Wildman–Crippen LogP) is 3.96. The second-order valence-electron chi connectivity index (χ2n) is 5.21. The number of halogens is 6. The lowest BCUT2D eigenvalue weighted by atomic mass is 10.2. The highest BCUT2D eigenvalue weighted by Crippen LogP contribution is 2.33. The Morgan fingerprint density at radius 3 is 2.38 bits per heavy atom. The maximum Gasteiger partial charge on any atom is 0.425 e. The molecule has 0 amide bonds. The zero-order chi connectivity index (χ0) is 19.1. The van der Waals surface area contributed by atoms with Crippen LogP contribution in [0, 0.1) is 0 Å². The van der Waals surface area contributed by atoms with Crippen molar-refractivity contribution in [3.05, 3.63) is 36.5 Å². The number of ether oxygens (including phenoxy) is 1. The molecule has 0 aromatic carbocycles. The number of fused-ring (bicyclic) bond motifs is 1. The molecule has 0 aliphatic rings. The molecule has 3 aromatic heterocycles. The van der Waals surface area contributed by atoms with E-state index in [0.29, 0.717) is 5.56 Å². The molecule has 0 unspecified atom stereocenters. The summed E-state index contributed by atoms with van der Waals surface area (Å²) < 4.78 is 70.2. The lowest BCUT2D eigenvalue weighted by molar-refractivity contribution is -0.189. The van der Waals surface area contributed by atoms with Crippen LogP contribution in [0.3, 0.4) is 0 Å². The van der Waals surface area contributed by atoms with Gasteiger partial charge in [0.05, 0.1) is 11.9 Å². The molecule has 0 spiro atoms. The van der Waals surface area contributed by atoms with Crippen LogP contribution in [0.5, 0.6) is 5.88 Å². The number of hydrogen-bond donors (Lipinski definition) is 0. The Labute approximate surface area is 151 Å². The lowest BCUT2D eigenvalue weighted by Crippen LogP contribution is -2.31. The van der Waals surface area contributed by atoms with Gasteiger partial charge in [-0.2, -0.15) is 22.0 Å². The maximum absolute atomic E-state index is 13.5. The van der Waals surface area contributed by atoms with Crippen molar-refractivity contribution in [2.24, 2.45) is 0 Å². The normalized spacial score (nSPS) is 13.8. The molecule has 12 heteroatoms. The fraction of sp³-hybridized carbons (Fsp3) is 0.286. The van der Waals surface area contributed by atoms with Crippen LogP contribution in [0.4, 0.5) is 22.0 Å². The van der Waals surface area contributed by atoms with Crippen molar-refractivity contribution < 1.29 is 26.7 Å². The predicted molar refractivity (Wildman–Crippen MR) is 83.0 cm³/mol. The van der Waals surface area contributed by atoms with Crippen LogP contribution in [0.25, 0.3) is 16.9 Å². The van der Waals surface area contributed by atoms with Crippen molar-refractivity contribution in [1.82, 2.24) is 24.6 Å². The van der Waals surface area contributed by atoms with Crippen LogP contribution in [-0.4, -0.2) is 36.8 Å². The van der Waals surface area contributed by atoms with E-state index in [1.165, 1.54) is 30.7 Å². The number of aromatic nitrogens is 5. The Hall–Kier alpha value is -2.37. The summed E-state index contributed by atoms with van der Waals surface area (Å²) in [6, 6.07) is 2.64.